The molecule has 0 aromatic heterocycles. The van der Waals surface area contributed by atoms with Gasteiger partial charge in [-0.15, -0.1) is 0 Å². The van der Waals surface area contributed by atoms with Gasteiger partial charge in [-0.1, -0.05) is 13.5 Å². The quantitative estimate of drug-likeness (QED) is 0.592. The highest BCUT2D eigenvalue weighted by Crippen LogP contribution is 2.04. The van der Waals surface area contributed by atoms with Gasteiger partial charge in [-0.2, -0.15) is 0 Å². The first-order valence-electron chi connectivity index (χ1n) is 5.56. The van der Waals surface area contributed by atoms with Crippen molar-refractivity contribution in [3.8, 4) is 0 Å². The molecule has 0 heterocycles. The zero-order valence-corrected chi connectivity index (χ0v) is 10.9. The molecule has 0 spiro atoms. The molecule has 0 aliphatic carbocycles. The third kappa shape index (κ3) is 8.30. The molecule has 0 aliphatic rings. The highest BCUT2D eigenvalue weighted by Gasteiger charge is 2.19. The van der Waals surface area contributed by atoms with Gasteiger partial charge < -0.3 is 14.8 Å². The van der Waals surface area contributed by atoms with Gasteiger partial charge in [-0.05, 0) is 27.2 Å². The van der Waals surface area contributed by atoms with Gasteiger partial charge in [0.15, 0.2) is 0 Å². The molecule has 0 bridgehead atoms. The van der Waals surface area contributed by atoms with Crippen LogP contribution in [0.15, 0.2) is 12.7 Å². The Bertz CT molecular complexity index is 281. The van der Waals surface area contributed by atoms with Crippen LogP contribution in [0.1, 0.15) is 34.1 Å². The summed E-state index contributed by atoms with van der Waals surface area (Å²) in [6.45, 7) is 10.7. The number of alkyl carbamates (subject to hydrolysis) is 1. The first-order chi connectivity index (χ1) is 7.78. The fraction of sp³-hybridized carbons (Fsp3) is 0.667. The van der Waals surface area contributed by atoms with Gasteiger partial charge in [0.25, 0.3) is 0 Å². The predicted molar refractivity (Wildman–Crippen MR) is 64.6 cm³/mol. The second kappa shape index (κ2) is 6.93. The van der Waals surface area contributed by atoms with E-state index in [1.807, 2.05) is 27.7 Å². The summed E-state index contributed by atoms with van der Waals surface area (Å²) in [5, 5.41) is 2.66. The van der Waals surface area contributed by atoms with Gasteiger partial charge in [0.1, 0.15) is 12.7 Å². The Balaban J connectivity index is 4.08. The Kier molecular flexibility index (Phi) is 6.31. The maximum atomic E-state index is 11.4. The molecule has 1 amide bonds. The van der Waals surface area contributed by atoms with Crippen molar-refractivity contribution in [2.75, 3.05) is 6.61 Å². The van der Waals surface area contributed by atoms with Crippen LogP contribution in [0.2, 0.25) is 0 Å². The Morgan fingerprint density at radius 2 is 2.00 bits per heavy atom. The lowest BCUT2D eigenvalue weighted by molar-refractivity contribution is -0.140. The first-order valence-corrected chi connectivity index (χ1v) is 5.56. The Morgan fingerprint density at radius 3 is 2.41 bits per heavy atom. The van der Waals surface area contributed by atoms with Crippen LogP contribution in [-0.2, 0) is 14.3 Å². The number of carbonyl (C=O) groups excluding carboxylic acids is 2. The Labute approximate surface area is 102 Å². The lowest BCUT2D eigenvalue weighted by Crippen LogP contribution is -2.42. The van der Waals surface area contributed by atoms with E-state index in [0.717, 1.165) is 6.08 Å². The van der Waals surface area contributed by atoms with E-state index < -0.39 is 18.2 Å². The molecule has 1 N–H and O–H groups in total. The molecular weight excluding hydrogens is 222 g/mol. The minimum Gasteiger partial charge on any atom is -0.459 e. The fourth-order valence-corrected chi connectivity index (χ4v) is 0.956. The van der Waals surface area contributed by atoms with Crippen molar-refractivity contribution in [3.63, 3.8) is 0 Å². The van der Waals surface area contributed by atoms with Gasteiger partial charge >= 0.3 is 12.1 Å². The molecule has 0 aromatic rings. The summed E-state index contributed by atoms with van der Waals surface area (Å²) < 4.78 is 9.92. The third-order valence-electron chi connectivity index (χ3n) is 1.78. The van der Waals surface area contributed by atoms with Gasteiger partial charge in [-0.3, -0.25) is 0 Å². The highest BCUT2D eigenvalue weighted by molar-refractivity contribution is 5.81. The van der Waals surface area contributed by atoms with Crippen LogP contribution in [0.4, 0.5) is 4.79 Å². The molecule has 0 radical (unpaired) electrons. The van der Waals surface area contributed by atoms with Crippen molar-refractivity contribution < 1.29 is 19.1 Å². The lowest BCUT2D eigenvalue weighted by atomic mass is 10.1. The number of carbonyl (C=O) groups is 2. The number of hydrogen-bond acceptors (Lipinski definition) is 4. The van der Waals surface area contributed by atoms with Gasteiger partial charge in [0.05, 0.1) is 0 Å². The summed E-state index contributed by atoms with van der Waals surface area (Å²) in [6.07, 6.45) is 0.685. The van der Waals surface area contributed by atoms with E-state index in [4.69, 9.17) is 9.47 Å². The fourth-order valence-electron chi connectivity index (χ4n) is 0.956. The monoisotopic (exact) mass is 243 g/mol. The molecule has 0 aromatic carbocycles. The minimum absolute atomic E-state index is 0.0406. The van der Waals surface area contributed by atoms with E-state index in [1.54, 1.807) is 0 Å². The molecule has 98 valence electrons. The van der Waals surface area contributed by atoms with E-state index >= 15 is 0 Å². The summed E-state index contributed by atoms with van der Waals surface area (Å²) in [4.78, 5) is 22.3. The van der Waals surface area contributed by atoms with E-state index in [-0.39, 0.29) is 12.1 Å². The van der Waals surface area contributed by atoms with E-state index in [9.17, 15) is 9.59 Å². The van der Waals surface area contributed by atoms with Crippen LogP contribution >= 0.6 is 0 Å². The number of nitrogens with one attached hydrogen (secondary N) is 1. The molecular formula is C12H21NO4. The molecule has 0 rings (SSSR count). The summed E-state index contributed by atoms with van der Waals surface area (Å²) >= 11 is 0. The average Bonchev–Trinajstić information content (AvgIpc) is 2.20. The first kappa shape index (κ1) is 15.5. The van der Waals surface area contributed by atoms with Crippen molar-refractivity contribution in [3.05, 3.63) is 12.7 Å². The standard InChI is InChI=1S/C12H21NO4/c1-6-9(8-16-10(14)7-2)17-11(15)13-12(3,4)5/h7,9H,2,6,8H2,1,3-5H3,(H,13,15). The predicted octanol–water partition coefficient (Wildman–Crippen LogP) is 2.02. The van der Waals surface area contributed by atoms with Crippen molar-refractivity contribution in [2.45, 2.75) is 45.8 Å². The van der Waals surface area contributed by atoms with Gasteiger partial charge in [0.2, 0.25) is 0 Å². The number of esters is 1. The Hall–Kier alpha value is -1.52. The maximum absolute atomic E-state index is 11.4. The summed E-state index contributed by atoms with van der Waals surface area (Å²) in [5.41, 5.74) is -0.354. The summed E-state index contributed by atoms with van der Waals surface area (Å²) in [7, 11) is 0. The molecule has 0 saturated heterocycles. The molecule has 1 unspecified atom stereocenters. The minimum atomic E-state index is -0.525. The molecule has 17 heavy (non-hydrogen) atoms. The van der Waals surface area contributed by atoms with Crippen LogP contribution < -0.4 is 5.32 Å². The topological polar surface area (TPSA) is 64.6 Å². The average molecular weight is 243 g/mol. The SMILES string of the molecule is C=CC(=O)OCC(CC)OC(=O)NC(C)(C)C. The largest absolute Gasteiger partial charge is 0.459 e. The van der Waals surface area contributed by atoms with Crippen molar-refractivity contribution in [1.82, 2.24) is 5.32 Å². The molecule has 5 heteroatoms. The summed E-state index contributed by atoms with van der Waals surface area (Å²) in [5.74, 6) is -0.525. The molecule has 5 nitrogen and oxygen atoms in total. The number of amides is 1. The Morgan fingerprint density at radius 1 is 1.41 bits per heavy atom. The summed E-state index contributed by atoms with van der Waals surface area (Å²) in [6, 6.07) is 0. The van der Waals surface area contributed by atoms with Crippen LogP contribution in [0.5, 0.6) is 0 Å². The smallest absolute Gasteiger partial charge is 0.407 e. The van der Waals surface area contributed by atoms with E-state index in [1.165, 1.54) is 0 Å². The zero-order chi connectivity index (χ0) is 13.5. The van der Waals surface area contributed by atoms with Crippen molar-refractivity contribution >= 4 is 12.1 Å². The molecule has 1 atom stereocenters. The van der Waals surface area contributed by atoms with Crippen molar-refractivity contribution in [1.29, 1.82) is 0 Å². The lowest BCUT2D eigenvalue weighted by Gasteiger charge is -2.22. The molecule has 0 fully saturated rings. The van der Waals surface area contributed by atoms with Crippen LogP contribution in [-0.4, -0.2) is 30.3 Å². The number of hydrogen-bond donors (Lipinski definition) is 1. The number of ether oxygens (including phenoxy) is 2. The van der Waals surface area contributed by atoms with Gasteiger partial charge in [0, 0.05) is 11.6 Å². The van der Waals surface area contributed by atoms with Gasteiger partial charge in [-0.25, -0.2) is 9.59 Å². The maximum Gasteiger partial charge on any atom is 0.407 e. The second-order valence-corrected chi connectivity index (χ2v) is 4.64. The third-order valence-corrected chi connectivity index (χ3v) is 1.78. The van der Waals surface area contributed by atoms with Crippen LogP contribution in [0, 0.1) is 0 Å². The second-order valence-electron chi connectivity index (χ2n) is 4.64. The van der Waals surface area contributed by atoms with Crippen LogP contribution in [0.3, 0.4) is 0 Å². The number of rotatable bonds is 5. The normalized spacial score (nSPS) is 12.5. The van der Waals surface area contributed by atoms with Crippen LogP contribution in [0.25, 0.3) is 0 Å². The highest BCUT2D eigenvalue weighted by atomic mass is 16.6. The zero-order valence-electron chi connectivity index (χ0n) is 10.9. The van der Waals surface area contributed by atoms with E-state index in [0.29, 0.717) is 6.42 Å². The van der Waals surface area contributed by atoms with Crippen molar-refractivity contribution in [2.24, 2.45) is 0 Å². The van der Waals surface area contributed by atoms with E-state index in [2.05, 4.69) is 11.9 Å². The molecule has 0 aliphatic heterocycles. The molecule has 0 saturated carbocycles.